The van der Waals surface area contributed by atoms with Gasteiger partial charge in [-0.15, -0.1) is 0 Å². The van der Waals surface area contributed by atoms with E-state index in [1.807, 2.05) is 0 Å². The van der Waals surface area contributed by atoms with Crippen LogP contribution in [0.25, 0.3) is 0 Å². The lowest BCUT2D eigenvalue weighted by atomic mass is 10.4. The van der Waals surface area contributed by atoms with E-state index in [0.29, 0.717) is 17.9 Å². The zero-order valence-corrected chi connectivity index (χ0v) is 12.7. The highest BCUT2D eigenvalue weighted by molar-refractivity contribution is 7.92. The average Bonchev–Trinajstić information content (AvgIpc) is 3.19. The molecule has 7 nitrogen and oxygen atoms in total. The van der Waals surface area contributed by atoms with Crippen molar-refractivity contribution in [3.05, 3.63) is 43.0 Å². The van der Waals surface area contributed by atoms with Gasteiger partial charge >= 0.3 is 0 Å². The fourth-order valence-corrected chi connectivity index (χ4v) is 4.28. The minimum Gasteiger partial charge on any atom is -0.340 e. The van der Waals surface area contributed by atoms with Crippen LogP contribution in [0.3, 0.4) is 0 Å². The standard InChI is InChI=1S/C14H16N4O3S/c19-14(9-18-11-15-10-16-18)17-7-6-13(8-17)22(20,21)12-4-2-1-3-5-12/h1-5,10-11,13H,6-9H2. The Balaban J connectivity index is 1.68. The third kappa shape index (κ3) is 2.87. The van der Waals surface area contributed by atoms with Crippen LogP contribution in [0.5, 0.6) is 0 Å². The largest absolute Gasteiger partial charge is 0.340 e. The number of aromatic nitrogens is 3. The Bertz CT molecular complexity index is 744. The molecule has 1 unspecified atom stereocenters. The fourth-order valence-electron chi connectivity index (χ4n) is 2.56. The monoisotopic (exact) mass is 320 g/mol. The van der Waals surface area contributed by atoms with Crippen LogP contribution < -0.4 is 0 Å². The maximum Gasteiger partial charge on any atom is 0.244 e. The summed E-state index contributed by atoms with van der Waals surface area (Å²) in [6.45, 7) is 0.757. The third-order valence-electron chi connectivity index (χ3n) is 3.77. The second-order valence-electron chi connectivity index (χ2n) is 5.20. The van der Waals surface area contributed by atoms with Crippen LogP contribution >= 0.6 is 0 Å². The minimum atomic E-state index is -3.40. The molecule has 116 valence electrons. The van der Waals surface area contributed by atoms with Crippen molar-refractivity contribution < 1.29 is 13.2 Å². The quantitative estimate of drug-likeness (QED) is 0.811. The normalized spacial score (nSPS) is 18.5. The van der Waals surface area contributed by atoms with Gasteiger partial charge in [0.1, 0.15) is 19.2 Å². The number of benzene rings is 1. The molecule has 1 aromatic carbocycles. The zero-order valence-electron chi connectivity index (χ0n) is 11.9. The number of likely N-dealkylation sites (tertiary alicyclic amines) is 1. The van der Waals surface area contributed by atoms with Gasteiger partial charge in [-0.05, 0) is 18.6 Å². The van der Waals surface area contributed by atoms with E-state index in [-0.39, 0.29) is 19.0 Å². The summed E-state index contributed by atoms with van der Waals surface area (Å²) in [6, 6.07) is 8.37. The van der Waals surface area contributed by atoms with Gasteiger partial charge in [0.05, 0.1) is 10.1 Å². The van der Waals surface area contributed by atoms with Gasteiger partial charge in [-0.25, -0.2) is 18.1 Å². The summed E-state index contributed by atoms with van der Waals surface area (Å²) < 4.78 is 26.5. The van der Waals surface area contributed by atoms with Crippen LogP contribution in [0.1, 0.15) is 6.42 Å². The Morgan fingerprint density at radius 2 is 2.05 bits per heavy atom. The molecule has 2 heterocycles. The van der Waals surface area contributed by atoms with Gasteiger partial charge in [0.15, 0.2) is 9.84 Å². The molecule has 1 fully saturated rings. The molecule has 0 aliphatic carbocycles. The van der Waals surface area contributed by atoms with Gasteiger partial charge in [-0.1, -0.05) is 18.2 Å². The van der Waals surface area contributed by atoms with Gasteiger partial charge < -0.3 is 4.90 Å². The molecule has 22 heavy (non-hydrogen) atoms. The molecule has 0 saturated carbocycles. The number of nitrogens with zero attached hydrogens (tertiary/aromatic N) is 4. The minimum absolute atomic E-state index is 0.0815. The molecule has 3 rings (SSSR count). The number of sulfone groups is 1. The molecule has 0 radical (unpaired) electrons. The van der Waals surface area contributed by atoms with E-state index in [0.717, 1.165) is 0 Å². The number of amides is 1. The summed E-state index contributed by atoms with van der Waals surface area (Å²) in [5.74, 6) is -0.142. The van der Waals surface area contributed by atoms with E-state index in [9.17, 15) is 13.2 Å². The molecule has 1 aliphatic heterocycles. The first kappa shape index (κ1) is 14.7. The molecule has 1 amide bonds. The lowest BCUT2D eigenvalue weighted by Crippen LogP contribution is -2.34. The van der Waals surface area contributed by atoms with E-state index in [4.69, 9.17) is 0 Å². The second kappa shape index (κ2) is 5.88. The molecule has 2 aromatic rings. The first-order chi connectivity index (χ1) is 10.6. The highest BCUT2D eigenvalue weighted by atomic mass is 32.2. The highest BCUT2D eigenvalue weighted by Gasteiger charge is 2.35. The Morgan fingerprint density at radius 1 is 1.27 bits per heavy atom. The van der Waals surface area contributed by atoms with E-state index in [2.05, 4.69) is 10.1 Å². The van der Waals surface area contributed by atoms with Crippen LogP contribution in [0.15, 0.2) is 47.9 Å². The molecule has 1 aliphatic rings. The van der Waals surface area contributed by atoms with Crippen molar-refractivity contribution in [2.45, 2.75) is 23.1 Å². The van der Waals surface area contributed by atoms with Crippen molar-refractivity contribution in [1.82, 2.24) is 19.7 Å². The summed E-state index contributed by atoms with van der Waals surface area (Å²) in [5, 5.41) is 3.34. The van der Waals surface area contributed by atoms with Gasteiger partial charge in [-0.2, -0.15) is 5.10 Å². The van der Waals surface area contributed by atoms with Crippen molar-refractivity contribution >= 4 is 15.7 Å². The van der Waals surface area contributed by atoms with Gasteiger partial charge in [0, 0.05) is 13.1 Å². The molecule has 0 N–H and O–H groups in total. The summed E-state index contributed by atoms with van der Waals surface area (Å²) in [4.78, 5) is 17.8. The van der Waals surface area contributed by atoms with Crippen molar-refractivity contribution in [2.24, 2.45) is 0 Å². The van der Waals surface area contributed by atoms with Gasteiger partial charge in [0.25, 0.3) is 0 Å². The van der Waals surface area contributed by atoms with Crippen LogP contribution in [0.2, 0.25) is 0 Å². The highest BCUT2D eigenvalue weighted by Crippen LogP contribution is 2.23. The van der Waals surface area contributed by atoms with Crippen molar-refractivity contribution in [2.75, 3.05) is 13.1 Å². The predicted molar refractivity (Wildman–Crippen MR) is 78.6 cm³/mol. The van der Waals surface area contributed by atoms with Gasteiger partial charge in [0.2, 0.25) is 5.91 Å². The fraction of sp³-hybridized carbons (Fsp3) is 0.357. The molecule has 0 spiro atoms. The van der Waals surface area contributed by atoms with Crippen LogP contribution in [-0.4, -0.2) is 52.3 Å². The first-order valence-corrected chi connectivity index (χ1v) is 8.51. The van der Waals surface area contributed by atoms with E-state index in [1.165, 1.54) is 17.3 Å². The lowest BCUT2D eigenvalue weighted by Gasteiger charge is -2.16. The Morgan fingerprint density at radius 3 is 2.73 bits per heavy atom. The molecule has 1 aromatic heterocycles. The summed E-state index contributed by atoms with van der Waals surface area (Å²) in [7, 11) is -3.40. The zero-order chi connectivity index (χ0) is 15.6. The predicted octanol–water partition coefficient (Wildman–Crippen LogP) is 0.353. The molecule has 1 atom stereocenters. The number of carbonyl (C=O) groups excluding carboxylic acids is 1. The van der Waals surface area contributed by atoms with Crippen molar-refractivity contribution in [1.29, 1.82) is 0 Å². The summed E-state index contributed by atoms with van der Waals surface area (Å²) in [6.07, 6.45) is 3.28. The van der Waals surface area contributed by atoms with E-state index in [1.54, 1.807) is 35.2 Å². The van der Waals surface area contributed by atoms with E-state index >= 15 is 0 Å². The Hall–Kier alpha value is -2.22. The number of carbonyl (C=O) groups is 1. The molecule has 8 heteroatoms. The number of rotatable bonds is 4. The first-order valence-electron chi connectivity index (χ1n) is 6.96. The second-order valence-corrected chi connectivity index (χ2v) is 7.43. The maximum atomic E-state index is 12.6. The average molecular weight is 320 g/mol. The SMILES string of the molecule is O=C(Cn1cncn1)N1CCC(S(=O)(=O)c2ccccc2)C1. The van der Waals surface area contributed by atoms with Crippen molar-refractivity contribution in [3.8, 4) is 0 Å². The summed E-state index contributed by atoms with van der Waals surface area (Å²) >= 11 is 0. The van der Waals surface area contributed by atoms with Crippen LogP contribution in [0, 0.1) is 0 Å². The van der Waals surface area contributed by atoms with Crippen LogP contribution in [0.4, 0.5) is 0 Å². The van der Waals surface area contributed by atoms with Crippen molar-refractivity contribution in [3.63, 3.8) is 0 Å². The topological polar surface area (TPSA) is 85.2 Å². The number of hydrogen-bond acceptors (Lipinski definition) is 5. The number of hydrogen-bond donors (Lipinski definition) is 0. The molecular formula is C14H16N4O3S. The van der Waals surface area contributed by atoms with Crippen LogP contribution in [-0.2, 0) is 21.2 Å². The molecular weight excluding hydrogens is 304 g/mol. The maximum absolute atomic E-state index is 12.6. The molecule has 0 bridgehead atoms. The lowest BCUT2D eigenvalue weighted by molar-refractivity contribution is -0.130. The molecule has 1 saturated heterocycles. The smallest absolute Gasteiger partial charge is 0.244 e. The summed E-state index contributed by atoms with van der Waals surface area (Å²) in [5.41, 5.74) is 0. The van der Waals surface area contributed by atoms with E-state index < -0.39 is 15.1 Å². The Labute approximate surface area is 128 Å². The third-order valence-corrected chi connectivity index (χ3v) is 5.96. The Kier molecular flexibility index (Phi) is 3.93. The van der Waals surface area contributed by atoms with Gasteiger partial charge in [-0.3, -0.25) is 4.79 Å².